The molecule has 12 heavy (non-hydrogen) atoms. The molecule has 0 bridgehead atoms. The summed E-state index contributed by atoms with van der Waals surface area (Å²) in [5, 5.41) is 13.1. The first-order valence-corrected chi connectivity index (χ1v) is 4.54. The lowest BCUT2D eigenvalue weighted by molar-refractivity contribution is 0.281. The average Bonchev–Trinajstić information content (AvgIpc) is 2.75. The minimum atomic E-state index is 0.104. The van der Waals surface area contributed by atoms with Crippen LogP contribution in [0.1, 0.15) is 37.3 Å². The van der Waals surface area contributed by atoms with E-state index in [1.165, 1.54) is 25.7 Å². The predicted octanol–water partition coefficient (Wildman–Crippen LogP) is 1.49. The average molecular weight is 166 g/mol. The second kappa shape index (κ2) is 3.27. The second-order valence-corrected chi connectivity index (χ2v) is 3.42. The van der Waals surface area contributed by atoms with Gasteiger partial charge in [-0.2, -0.15) is 5.10 Å². The standard InChI is InChI=1S/C9H14N2O/c12-7-8-5-10-11(6-8)9-3-1-2-4-9/h5-6,9,12H,1-4,7H2. The maximum Gasteiger partial charge on any atom is 0.0712 e. The van der Waals surface area contributed by atoms with Gasteiger partial charge in [0, 0.05) is 11.8 Å². The van der Waals surface area contributed by atoms with E-state index < -0.39 is 0 Å². The Morgan fingerprint density at radius 3 is 2.83 bits per heavy atom. The molecule has 1 aromatic heterocycles. The summed E-state index contributed by atoms with van der Waals surface area (Å²) in [5.41, 5.74) is 0.918. The molecule has 1 fully saturated rings. The molecule has 1 aliphatic carbocycles. The third-order valence-electron chi connectivity index (χ3n) is 2.54. The van der Waals surface area contributed by atoms with Crippen LogP contribution in [0.5, 0.6) is 0 Å². The fourth-order valence-corrected chi connectivity index (χ4v) is 1.83. The number of rotatable bonds is 2. The van der Waals surface area contributed by atoms with Crippen molar-refractivity contribution in [2.75, 3.05) is 0 Å². The molecule has 0 radical (unpaired) electrons. The molecule has 0 aromatic carbocycles. The summed E-state index contributed by atoms with van der Waals surface area (Å²) in [7, 11) is 0. The van der Waals surface area contributed by atoms with Crippen molar-refractivity contribution in [3.05, 3.63) is 18.0 Å². The van der Waals surface area contributed by atoms with E-state index >= 15 is 0 Å². The van der Waals surface area contributed by atoms with E-state index in [9.17, 15) is 0 Å². The molecule has 66 valence electrons. The molecule has 2 rings (SSSR count). The van der Waals surface area contributed by atoms with Crippen LogP contribution in [-0.2, 0) is 6.61 Å². The van der Waals surface area contributed by atoms with Crippen molar-refractivity contribution in [1.29, 1.82) is 0 Å². The van der Waals surface area contributed by atoms with E-state index in [-0.39, 0.29) is 6.61 Å². The van der Waals surface area contributed by atoms with Gasteiger partial charge in [0.2, 0.25) is 0 Å². The smallest absolute Gasteiger partial charge is 0.0712 e. The third-order valence-corrected chi connectivity index (χ3v) is 2.54. The maximum atomic E-state index is 8.84. The molecule has 0 atom stereocenters. The molecule has 0 amide bonds. The topological polar surface area (TPSA) is 38.1 Å². The van der Waals surface area contributed by atoms with Gasteiger partial charge in [-0.25, -0.2) is 0 Å². The lowest BCUT2D eigenvalue weighted by atomic mass is 10.2. The highest BCUT2D eigenvalue weighted by atomic mass is 16.3. The largest absolute Gasteiger partial charge is 0.392 e. The quantitative estimate of drug-likeness (QED) is 0.722. The molecule has 3 heteroatoms. The Labute approximate surface area is 72.0 Å². The number of aromatic nitrogens is 2. The molecule has 3 nitrogen and oxygen atoms in total. The number of hydrogen-bond acceptors (Lipinski definition) is 2. The Balaban J connectivity index is 2.11. The van der Waals surface area contributed by atoms with Gasteiger partial charge in [-0.15, -0.1) is 0 Å². The van der Waals surface area contributed by atoms with Crippen molar-refractivity contribution < 1.29 is 5.11 Å². The normalized spacial score (nSPS) is 18.8. The molecule has 1 heterocycles. The third kappa shape index (κ3) is 1.37. The van der Waals surface area contributed by atoms with Crippen LogP contribution >= 0.6 is 0 Å². The van der Waals surface area contributed by atoms with Gasteiger partial charge in [0.15, 0.2) is 0 Å². The lowest BCUT2D eigenvalue weighted by Gasteiger charge is -2.08. The Morgan fingerprint density at radius 2 is 2.25 bits per heavy atom. The molecule has 0 unspecified atom stereocenters. The molecule has 1 aromatic rings. The van der Waals surface area contributed by atoms with Crippen molar-refractivity contribution in [2.24, 2.45) is 0 Å². The highest BCUT2D eigenvalue weighted by Gasteiger charge is 2.17. The van der Waals surface area contributed by atoms with Gasteiger partial charge >= 0.3 is 0 Å². The molecule has 0 aliphatic heterocycles. The highest BCUT2D eigenvalue weighted by molar-refractivity contribution is 5.02. The van der Waals surface area contributed by atoms with Crippen molar-refractivity contribution in [3.8, 4) is 0 Å². The first-order valence-electron chi connectivity index (χ1n) is 4.54. The van der Waals surface area contributed by atoms with Crippen LogP contribution in [0.15, 0.2) is 12.4 Å². The zero-order chi connectivity index (χ0) is 8.39. The highest BCUT2D eigenvalue weighted by Crippen LogP contribution is 2.28. The minimum absolute atomic E-state index is 0.104. The Kier molecular flexibility index (Phi) is 2.13. The van der Waals surface area contributed by atoms with Gasteiger partial charge in [0.1, 0.15) is 0 Å². The monoisotopic (exact) mass is 166 g/mol. The summed E-state index contributed by atoms with van der Waals surface area (Å²) < 4.78 is 2.00. The van der Waals surface area contributed by atoms with Crippen LogP contribution in [0, 0.1) is 0 Å². The zero-order valence-electron chi connectivity index (χ0n) is 7.11. The van der Waals surface area contributed by atoms with Gasteiger partial charge in [-0.05, 0) is 12.8 Å². The van der Waals surface area contributed by atoms with Crippen LogP contribution in [0.2, 0.25) is 0 Å². The van der Waals surface area contributed by atoms with Crippen molar-refractivity contribution in [2.45, 2.75) is 38.3 Å². The van der Waals surface area contributed by atoms with E-state index in [0.717, 1.165) is 5.56 Å². The summed E-state index contributed by atoms with van der Waals surface area (Å²) in [6, 6.07) is 0.588. The molecule has 0 spiro atoms. The zero-order valence-corrected chi connectivity index (χ0v) is 7.11. The first-order chi connectivity index (χ1) is 5.90. The number of aliphatic hydroxyl groups is 1. The van der Waals surface area contributed by atoms with Gasteiger partial charge in [0.25, 0.3) is 0 Å². The fraction of sp³-hybridized carbons (Fsp3) is 0.667. The molecule has 0 saturated heterocycles. The van der Waals surface area contributed by atoms with Crippen molar-refractivity contribution in [1.82, 2.24) is 9.78 Å². The number of aliphatic hydroxyl groups excluding tert-OH is 1. The van der Waals surface area contributed by atoms with Crippen LogP contribution in [0.25, 0.3) is 0 Å². The van der Waals surface area contributed by atoms with Crippen LogP contribution in [0.4, 0.5) is 0 Å². The molecule has 1 aliphatic rings. The summed E-state index contributed by atoms with van der Waals surface area (Å²) in [5.74, 6) is 0. The number of hydrogen-bond donors (Lipinski definition) is 1. The minimum Gasteiger partial charge on any atom is -0.392 e. The lowest BCUT2D eigenvalue weighted by Crippen LogP contribution is -2.04. The van der Waals surface area contributed by atoms with Crippen LogP contribution in [-0.4, -0.2) is 14.9 Å². The van der Waals surface area contributed by atoms with Gasteiger partial charge < -0.3 is 5.11 Å². The SMILES string of the molecule is OCc1cnn(C2CCCC2)c1. The second-order valence-electron chi connectivity index (χ2n) is 3.42. The first kappa shape index (κ1) is 7.80. The molecular weight excluding hydrogens is 152 g/mol. The predicted molar refractivity (Wildman–Crippen MR) is 45.7 cm³/mol. The summed E-state index contributed by atoms with van der Waals surface area (Å²) in [6.45, 7) is 0.104. The van der Waals surface area contributed by atoms with E-state index in [2.05, 4.69) is 5.10 Å². The van der Waals surface area contributed by atoms with Gasteiger partial charge in [0.05, 0.1) is 18.8 Å². The van der Waals surface area contributed by atoms with E-state index in [1.54, 1.807) is 6.20 Å². The van der Waals surface area contributed by atoms with E-state index in [1.807, 2.05) is 10.9 Å². The van der Waals surface area contributed by atoms with Crippen LogP contribution < -0.4 is 0 Å². The molecule has 1 N–H and O–H groups in total. The fourth-order valence-electron chi connectivity index (χ4n) is 1.83. The van der Waals surface area contributed by atoms with Crippen molar-refractivity contribution in [3.63, 3.8) is 0 Å². The van der Waals surface area contributed by atoms with Crippen LogP contribution in [0.3, 0.4) is 0 Å². The Hall–Kier alpha value is -0.830. The summed E-state index contributed by atoms with van der Waals surface area (Å²) in [4.78, 5) is 0. The molecule has 1 saturated carbocycles. The van der Waals surface area contributed by atoms with Gasteiger partial charge in [-0.1, -0.05) is 12.8 Å². The summed E-state index contributed by atoms with van der Waals surface area (Å²) >= 11 is 0. The Bertz CT molecular complexity index is 251. The van der Waals surface area contributed by atoms with E-state index in [0.29, 0.717) is 6.04 Å². The maximum absolute atomic E-state index is 8.84. The Morgan fingerprint density at radius 1 is 1.50 bits per heavy atom. The van der Waals surface area contributed by atoms with Gasteiger partial charge in [-0.3, -0.25) is 4.68 Å². The number of nitrogens with zero attached hydrogens (tertiary/aromatic N) is 2. The summed E-state index contributed by atoms with van der Waals surface area (Å²) in [6.07, 6.45) is 8.82. The van der Waals surface area contributed by atoms with E-state index in [4.69, 9.17) is 5.11 Å². The van der Waals surface area contributed by atoms with Crippen molar-refractivity contribution >= 4 is 0 Å². The molecular formula is C9H14N2O.